The van der Waals surface area contributed by atoms with Gasteiger partial charge in [0.2, 0.25) is 0 Å². The number of nitrogens with one attached hydrogen (secondary N) is 1. The second kappa shape index (κ2) is 6.73. The molecule has 4 atom stereocenters. The van der Waals surface area contributed by atoms with Crippen LogP contribution < -0.4 is 5.32 Å². The first-order chi connectivity index (χ1) is 9.78. The van der Waals surface area contributed by atoms with Gasteiger partial charge in [0.15, 0.2) is 0 Å². The minimum atomic E-state index is 0.659. The molecular weight excluding hydrogens is 250 g/mol. The van der Waals surface area contributed by atoms with E-state index in [1.807, 2.05) is 0 Å². The summed E-state index contributed by atoms with van der Waals surface area (Å²) in [7, 11) is 2.33. The van der Waals surface area contributed by atoms with Gasteiger partial charge in [-0.05, 0) is 45.8 Å². The zero-order valence-electron chi connectivity index (χ0n) is 13.2. The lowest BCUT2D eigenvalue weighted by Crippen LogP contribution is -2.49. The molecule has 3 rings (SSSR count). The number of ether oxygens (including phenoxy) is 1. The summed E-state index contributed by atoms with van der Waals surface area (Å²) in [6, 6.07) is 2.30. The summed E-state index contributed by atoms with van der Waals surface area (Å²) in [5.41, 5.74) is 0. The highest BCUT2D eigenvalue weighted by Crippen LogP contribution is 2.29. The predicted octanol–water partition coefficient (Wildman–Crippen LogP) is 1.17. The Morgan fingerprint density at radius 2 is 2.00 bits per heavy atom. The van der Waals surface area contributed by atoms with Gasteiger partial charge in [-0.25, -0.2) is 0 Å². The summed E-state index contributed by atoms with van der Waals surface area (Å²) >= 11 is 0. The van der Waals surface area contributed by atoms with Crippen LogP contribution in [0.5, 0.6) is 0 Å². The third-order valence-corrected chi connectivity index (χ3v) is 5.67. The Morgan fingerprint density at radius 3 is 2.85 bits per heavy atom. The molecule has 3 heterocycles. The molecule has 0 aromatic carbocycles. The van der Waals surface area contributed by atoms with Gasteiger partial charge in [-0.15, -0.1) is 0 Å². The van der Waals surface area contributed by atoms with Crippen molar-refractivity contribution in [1.82, 2.24) is 15.1 Å². The molecule has 4 unspecified atom stereocenters. The first kappa shape index (κ1) is 14.8. The quantitative estimate of drug-likeness (QED) is 0.837. The van der Waals surface area contributed by atoms with E-state index in [-0.39, 0.29) is 0 Å². The summed E-state index contributed by atoms with van der Waals surface area (Å²) in [6.45, 7) is 8.93. The van der Waals surface area contributed by atoms with Crippen LogP contribution in [0.2, 0.25) is 0 Å². The second-order valence-electron chi connectivity index (χ2n) is 6.89. The fourth-order valence-electron chi connectivity index (χ4n) is 4.38. The molecule has 0 aliphatic carbocycles. The number of rotatable bonds is 4. The van der Waals surface area contributed by atoms with Crippen molar-refractivity contribution in [3.05, 3.63) is 0 Å². The molecule has 3 aliphatic heterocycles. The van der Waals surface area contributed by atoms with Crippen LogP contribution in [0.15, 0.2) is 0 Å². The van der Waals surface area contributed by atoms with Crippen molar-refractivity contribution in [2.24, 2.45) is 5.92 Å². The first-order valence-corrected chi connectivity index (χ1v) is 8.53. The van der Waals surface area contributed by atoms with Gasteiger partial charge in [0.25, 0.3) is 0 Å². The zero-order valence-corrected chi connectivity index (χ0v) is 13.2. The number of likely N-dealkylation sites (tertiary alicyclic amines) is 1. The van der Waals surface area contributed by atoms with Crippen molar-refractivity contribution >= 4 is 0 Å². The maximum absolute atomic E-state index is 5.74. The molecule has 4 heteroatoms. The Bertz CT molecular complexity index is 310. The van der Waals surface area contributed by atoms with Gasteiger partial charge in [-0.1, -0.05) is 6.92 Å². The van der Waals surface area contributed by atoms with Crippen LogP contribution in [0, 0.1) is 5.92 Å². The molecule has 3 aliphatic rings. The van der Waals surface area contributed by atoms with Gasteiger partial charge in [-0.2, -0.15) is 0 Å². The topological polar surface area (TPSA) is 27.7 Å². The van der Waals surface area contributed by atoms with Crippen molar-refractivity contribution in [1.29, 1.82) is 0 Å². The summed E-state index contributed by atoms with van der Waals surface area (Å²) in [5.74, 6) is 0.672. The van der Waals surface area contributed by atoms with Crippen LogP contribution in [0.25, 0.3) is 0 Å². The average Bonchev–Trinajstić information content (AvgIpc) is 2.69. The molecule has 116 valence electrons. The molecule has 0 amide bonds. The van der Waals surface area contributed by atoms with Crippen molar-refractivity contribution in [2.75, 3.05) is 46.4 Å². The van der Waals surface area contributed by atoms with E-state index < -0.39 is 0 Å². The number of fused-ring (bicyclic) bond motifs is 2. The first-order valence-electron chi connectivity index (χ1n) is 8.53. The van der Waals surface area contributed by atoms with Crippen LogP contribution in [-0.2, 0) is 4.74 Å². The summed E-state index contributed by atoms with van der Waals surface area (Å²) in [5, 5.41) is 3.67. The van der Waals surface area contributed by atoms with E-state index in [0.717, 1.165) is 31.8 Å². The number of likely N-dealkylation sites (N-methyl/N-ethyl adjacent to an activating group) is 1. The summed E-state index contributed by atoms with van der Waals surface area (Å²) < 4.78 is 5.74. The van der Waals surface area contributed by atoms with Crippen molar-refractivity contribution in [3.8, 4) is 0 Å². The fraction of sp³-hybridized carbons (Fsp3) is 1.00. The van der Waals surface area contributed by atoms with Crippen LogP contribution in [0.1, 0.15) is 32.6 Å². The molecule has 3 saturated heterocycles. The molecule has 4 nitrogen and oxygen atoms in total. The molecule has 0 radical (unpaired) electrons. The van der Waals surface area contributed by atoms with Crippen molar-refractivity contribution in [3.63, 3.8) is 0 Å². The minimum Gasteiger partial charge on any atom is -0.381 e. The molecular formula is C16H31N3O. The number of hydrogen-bond acceptors (Lipinski definition) is 4. The third-order valence-electron chi connectivity index (χ3n) is 5.67. The van der Waals surface area contributed by atoms with E-state index in [4.69, 9.17) is 4.74 Å². The second-order valence-corrected chi connectivity index (χ2v) is 6.89. The van der Waals surface area contributed by atoms with Crippen LogP contribution in [0.3, 0.4) is 0 Å². The van der Waals surface area contributed by atoms with E-state index in [9.17, 15) is 0 Å². The Balaban J connectivity index is 1.56. The third kappa shape index (κ3) is 3.19. The number of nitrogens with zero attached hydrogens (tertiary/aromatic N) is 2. The summed E-state index contributed by atoms with van der Waals surface area (Å²) in [6.07, 6.45) is 5.35. The Labute approximate surface area is 123 Å². The minimum absolute atomic E-state index is 0.659. The van der Waals surface area contributed by atoms with Crippen molar-refractivity contribution < 1.29 is 4.74 Å². The smallest absolute Gasteiger partial charge is 0.0521 e. The SMILES string of the molecule is CCNC1CCOCC1CN1CCC2CCC(C1)N2C. The number of hydrogen-bond donors (Lipinski definition) is 1. The Hall–Kier alpha value is -0.160. The Kier molecular flexibility index (Phi) is 4.97. The van der Waals surface area contributed by atoms with Gasteiger partial charge in [0.1, 0.15) is 0 Å². The van der Waals surface area contributed by atoms with Gasteiger partial charge in [-0.3, -0.25) is 4.90 Å². The predicted molar refractivity (Wildman–Crippen MR) is 82.0 cm³/mol. The van der Waals surface area contributed by atoms with E-state index >= 15 is 0 Å². The van der Waals surface area contributed by atoms with Crippen LogP contribution in [0.4, 0.5) is 0 Å². The lowest BCUT2D eigenvalue weighted by atomic mass is 9.94. The van der Waals surface area contributed by atoms with E-state index in [1.165, 1.54) is 45.3 Å². The molecule has 2 bridgehead atoms. The standard InChI is InChI=1S/C16H31N3O/c1-3-17-16-7-9-20-12-13(16)10-19-8-6-14-4-5-15(11-19)18(14)2/h13-17H,3-12H2,1-2H3. The summed E-state index contributed by atoms with van der Waals surface area (Å²) in [4.78, 5) is 5.35. The van der Waals surface area contributed by atoms with Gasteiger partial charge in [0.05, 0.1) is 6.61 Å². The van der Waals surface area contributed by atoms with E-state index in [0.29, 0.717) is 12.0 Å². The monoisotopic (exact) mass is 281 g/mol. The molecule has 0 aromatic heterocycles. The molecule has 0 saturated carbocycles. The highest BCUT2D eigenvalue weighted by atomic mass is 16.5. The molecule has 3 fully saturated rings. The maximum Gasteiger partial charge on any atom is 0.0521 e. The molecule has 0 aromatic rings. The van der Waals surface area contributed by atoms with Crippen LogP contribution >= 0.6 is 0 Å². The van der Waals surface area contributed by atoms with E-state index in [2.05, 4.69) is 29.1 Å². The zero-order chi connectivity index (χ0) is 13.9. The lowest BCUT2D eigenvalue weighted by molar-refractivity contribution is 0.0159. The molecule has 20 heavy (non-hydrogen) atoms. The lowest BCUT2D eigenvalue weighted by Gasteiger charge is -2.36. The van der Waals surface area contributed by atoms with E-state index in [1.54, 1.807) is 0 Å². The van der Waals surface area contributed by atoms with Gasteiger partial charge < -0.3 is 15.0 Å². The van der Waals surface area contributed by atoms with Gasteiger partial charge in [0, 0.05) is 43.7 Å². The highest BCUT2D eigenvalue weighted by molar-refractivity contribution is 4.92. The van der Waals surface area contributed by atoms with Crippen LogP contribution in [-0.4, -0.2) is 74.4 Å². The molecule has 0 spiro atoms. The largest absolute Gasteiger partial charge is 0.381 e. The Morgan fingerprint density at radius 1 is 1.15 bits per heavy atom. The van der Waals surface area contributed by atoms with Gasteiger partial charge >= 0.3 is 0 Å². The fourth-order valence-corrected chi connectivity index (χ4v) is 4.38. The molecule has 1 N–H and O–H groups in total. The average molecular weight is 281 g/mol. The van der Waals surface area contributed by atoms with Crippen molar-refractivity contribution in [2.45, 2.75) is 50.7 Å². The normalized spacial score (nSPS) is 39.9. The maximum atomic E-state index is 5.74. The highest BCUT2D eigenvalue weighted by Gasteiger charge is 2.36.